The number of carbonyl (C=O) groups excluding carboxylic acids is 3. The van der Waals surface area contributed by atoms with Crippen LogP contribution >= 0.6 is 0 Å². The van der Waals surface area contributed by atoms with Gasteiger partial charge in [0.2, 0.25) is 0 Å². The van der Waals surface area contributed by atoms with Crippen LogP contribution in [0, 0.1) is 0 Å². The standard InChI is InChI=1S/C18H18N2O4/c1-3-19-16(21)14-5-4-6-15(11-14)20-17(22)12-7-9-13(10-8-12)18(23)24-2/h4-11H,3H2,1-2H3,(H,19,21)(H,20,22). The fourth-order valence-corrected chi connectivity index (χ4v) is 2.08. The predicted molar refractivity (Wildman–Crippen MR) is 90.2 cm³/mol. The molecule has 0 radical (unpaired) electrons. The van der Waals surface area contributed by atoms with Crippen LogP contribution in [0.25, 0.3) is 0 Å². The van der Waals surface area contributed by atoms with Crippen LogP contribution in [0.3, 0.4) is 0 Å². The third-order valence-electron chi connectivity index (χ3n) is 3.29. The van der Waals surface area contributed by atoms with E-state index >= 15 is 0 Å². The van der Waals surface area contributed by atoms with Crippen molar-refractivity contribution in [2.24, 2.45) is 0 Å². The number of anilines is 1. The smallest absolute Gasteiger partial charge is 0.337 e. The maximum Gasteiger partial charge on any atom is 0.337 e. The number of carbonyl (C=O) groups is 3. The average Bonchev–Trinajstić information content (AvgIpc) is 2.61. The van der Waals surface area contributed by atoms with Crippen molar-refractivity contribution in [3.8, 4) is 0 Å². The lowest BCUT2D eigenvalue weighted by Crippen LogP contribution is -2.22. The van der Waals surface area contributed by atoms with E-state index in [4.69, 9.17) is 0 Å². The molecular formula is C18H18N2O4. The zero-order valence-corrected chi connectivity index (χ0v) is 13.5. The van der Waals surface area contributed by atoms with Crippen molar-refractivity contribution in [3.05, 3.63) is 65.2 Å². The molecule has 124 valence electrons. The Morgan fingerprint density at radius 3 is 2.21 bits per heavy atom. The van der Waals surface area contributed by atoms with Crippen LogP contribution in [0.1, 0.15) is 38.0 Å². The molecule has 2 amide bonds. The van der Waals surface area contributed by atoms with E-state index in [1.807, 2.05) is 6.92 Å². The Hall–Kier alpha value is -3.15. The van der Waals surface area contributed by atoms with Gasteiger partial charge in [0.05, 0.1) is 12.7 Å². The van der Waals surface area contributed by atoms with E-state index in [0.29, 0.717) is 28.9 Å². The molecule has 2 aromatic carbocycles. The molecule has 0 unspecified atom stereocenters. The average molecular weight is 326 g/mol. The first-order valence-corrected chi connectivity index (χ1v) is 7.43. The summed E-state index contributed by atoms with van der Waals surface area (Å²) in [4.78, 5) is 35.4. The third-order valence-corrected chi connectivity index (χ3v) is 3.29. The normalized spacial score (nSPS) is 9.92. The van der Waals surface area contributed by atoms with Crippen molar-refractivity contribution < 1.29 is 19.1 Å². The highest BCUT2D eigenvalue weighted by molar-refractivity contribution is 6.05. The van der Waals surface area contributed by atoms with Gasteiger partial charge >= 0.3 is 5.97 Å². The minimum atomic E-state index is -0.461. The number of benzene rings is 2. The number of rotatable bonds is 5. The Labute approximate surface area is 139 Å². The van der Waals surface area contributed by atoms with Gasteiger partial charge in [-0.15, -0.1) is 0 Å². The summed E-state index contributed by atoms with van der Waals surface area (Å²) in [5, 5.41) is 5.42. The molecule has 0 saturated carbocycles. The fraction of sp³-hybridized carbons (Fsp3) is 0.167. The molecule has 0 spiro atoms. The summed E-state index contributed by atoms with van der Waals surface area (Å²) in [6.45, 7) is 2.36. The SMILES string of the molecule is CCNC(=O)c1cccc(NC(=O)c2ccc(C(=O)OC)cc2)c1. The number of esters is 1. The van der Waals surface area contributed by atoms with Gasteiger partial charge in [-0.1, -0.05) is 6.07 Å². The van der Waals surface area contributed by atoms with Gasteiger partial charge in [-0.05, 0) is 49.4 Å². The van der Waals surface area contributed by atoms with Crippen LogP contribution in [-0.4, -0.2) is 31.4 Å². The van der Waals surface area contributed by atoms with Crippen molar-refractivity contribution in [2.45, 2.75) is 6.92 Å². The highest BCUT2D eigenvalue weighted by Crippen LogP contribution is 2.13. The Balaban J connectivity index is 2.10. The highest BCUT2D eigenvalue weighted by atomic mass is 16.5. The number of ether oxygens (including phenoxy) is 1. The van der Waals surface area contributed by atoms with E-state index < -0.39 is 5.97 Å². The Kier molecular flexibility index (Phi) is 5.68. The van der Waals surface area contributed by atoms with Gasteiger partial charge in [-0.25, -0.2) is 4.79 Å². The maximum absolute atomic E-state index is 12.2. The molecule has 2 rings (SSSR count). The molecule has 0 atom stereocenters. The quantitative estimate of drug-likeness (QED) is 0.827. The molecule has 6 nitrogen and oxygen atoms in total. The lowest BCUT2D eigenvalue weighted by molar-refractivity contribution is 0.0600. The van der Waals surface area contributed by atoms with E-state index in [-0.39, 0.29) is 11.8 Å². The molecule has 0 aliphatic rings. The zero-order valence-electron chi connectivity index (χ0n) is 13.5. The minimum absolute atomic E-state index is 0.198. The molecule has 0 aliphatic heterocycles. The van der Waals surface area contributed by atoms with Crippen LogP contribution in [0.4, 0.5) is 5.69 Å². The van der Waals surface area contributed by atoms with Crippen LogP contribution in [-0.2, 0) is 4.74 Å². The van der Waals surface area contributed by atoms with Gasteiger partial charge in [0.15, 0.2) is 0 Å². The topological polar surface area (TPSA) is 84.5 Å². The minimum Gasteiger partial charge on any atom is -0.465 e. The largest absolute Gasteiger partial charge is 0.465 e. The predicted octanol–water partition coefficient (Wildman–Crippen LogP) is 2.48. The van der Waals surface area contributed by atoms with Crippen LogP contribution in [0.15, 0.2) is 48.5 Å². The summed E-state index contributed by atoms with van der Waals surface area (Å²) in [5.41, 5.74) is 1.75. The molecule has 0 heterocycles. The summed E-state index contributed by atoms with van der Waals surface area (Å²) in [7, 11) is 1.30. The molecule has 6 heteroatoms. The maximum atomic E-state index is 12.2. The van der Waals surface area contributed by atoms with Crippen LogP contribution < -0.4 is 10.6 Å². The molecule has 24 heavy (non-hydrogen) atoms. The van der Waals surface area contributed by atoms with Crippen molar-refractivity contribution in [2.75, 3.05) is 19.0 Å². The first-order valence-electron chi connectivity index (χ1n) is 7.43. The zero-order chi connectivity index (χ0) is 17.5. The van der Waals surface area contributed by atoms with Gasteiger partial charge in [-0.2, -0.15) is 0 Å². The summed E-state index contributed by atoms with van der Waals surface area (Å²) in [5.74, 6) is -0.993. The molecule has 0 aromatic heterocycles. The molecule has 2 aromatic rings. The Bertz CT molecular complexity index is 754. The van der Waals surface area contributed by atoms with Gasteiger partial charge in [0.1, 0.15) is 0 Å². The summed E-state index contributed by atoms with van der Waals surface area (Å²) in [6.07, 6.45) is 0. The van der Waals surface area contributed by atoms with Gasteiger partial charge in [-0.3, -0.25) is 9.59 Å². The number of hydrogen-bond donors (Lipinski definition) is 2. The molecular weight excluding hydrogens is 308 g/mol. The van der Waals surface area contributed by atoms with Gasteiger partial charge in [0.25, 0.3) is 11.8 Å². The Morgan fingerprint density at radius 1 is 0.917 bits per heavy atom. The van der Waals surface area contributed by atoms with Gasteiger partial charge < -0.3 is 15.4 Å². The van der Waals surface area contributed by atoms with Crippen LogP contribution in [0.2, 0.25) is 0 Å². The monoisotopic (exact) mass is 326 g/mol. The second-order valence-electron chi connectivity index (χ2n) is 4.96. The molecule has 0 aliphatic carbocycles. The number of nitrogens with one attached hydrogen (secondary N) is 2. The van der Waals surface area contributed by atoms with Crippen molar-refractivity contribution in [1.82, 2.24) is 5.32 Å². The van der Waals surface area contributed by atoms with Crippen molar-refractivity contribution >= 4 is 23.5 Å². The number of hydrogen-bond acceptors (Lipinski definition) is 4. The third kappa shape index (κ3) is 4.19. The second kappa shape index (κ2) is 7.92. The first kappa shape index (κ1) is 17.2. The lowest BCUT2D eigenvalue weighted by Gasteiger charge is -2.08. The summed E-state index contributed by atoms with van der Waals surface area (Å²) >= 11 is 0. The number of methoxy groups -OCH3 is 1. The van der Waals surface area contributed by atoms with E-state index in [0.717, 1.165) is 0 Å². The molecule has 0 fully saturated rings. The van der Waals surface area contributed by atoms with Gasteiger partial charge in [0, 0.05) is 23.4 Å². The second-order valence-corrected chi connectivity index (χ2v) is 4.96. The summed E-state index contributed by atoms with van der Waals surface area (Å²) in [6, 6.07) is 12.8. The lowest BCUT2D eigenvalue weighted by atomic mass is 10.1. The molecule has 0 saturated heterocycles. The van der Waals surface area contributed by atoms with E-state index in [2.05, 4.69) is 15.4 Å². The number of amides is 2. The Morgan fingerprint density at radius 2 is 1.58 bits per heavy atom. The molecule has 2 N–H and O–H groups in total. The van der Waals surface area contributed by atoms with Crippen LogP contribution in [0.5, 0.6) is 0 Å². The highest BCUT2D eigenvalue weighted by Gasteiger charge is 2.10. The fourth-order valence-electron chi connectivity index (χ4n) is 2.08. The van der Waals surface area contributed by atoms with Crippen molar-refractivity contribution in [3.63, 3.8) is 0 Å². The van der Waals surface area contributed by atoms with E-state index in [1.54, 1.807) is 24.3 Å². The molecule has 0 bridgehead atoms. The van der Waals surface area contributed by atoms with E-state index in [9.17, 15) is 14.4 Å². The summed E-state index contributed by atoms with van der Waals surface area (Å²) < 4.78 is 4.61. The first-order chi connectivity index (χ1) is 11.5. The van der Waals surface area contributed by atoms with Crippen molar-refractivity contribution in [1.29, 1.82) is 0 Å². The van der Waals surface area contributed by atoms with E-state index in [1.165, 1.54) is 31.4 Å².